The molecule has 12 heteroatoms. The van der Waals surface area contributed by atoms with Crippen LogP contribution in [0.5, 0.6) is 5.75 Å². The quantitative estimate of drug-likeness (QED) is 0.179. The van der Waals surface area contributed by atoms with E-state index >= 15 is 0 Å². The number of thioether (sulfide) groups is 1. The topological polar surface area (TPSA) is 135 Å². The van der Waals surface area contributed by atoms with Crippen molar-refractivity contribution in [2.24, 2.45) is 29.6 Å². The predicted molar refractivity (Wildman–Crippen MR) is 185 cm³/mol. The molecule has 8 rings (SSSR count). The van der Waals surface area contributed by atoms with Crippen molar-refractivity contribution in [1.29, 1.82) is 0 Å². The van der Waals surface area contributed by atoms with Gasteiger partial charge in [0.05, 0.1) is 34.7 Å². The van der Waals surface area contributed by atoms with Crippen LogP contribution in [0.3, 0.4) is 0 Å². The molecule has 1 aromatic heterocycles. The number of para-hydroxylation sites is 1. The van der Waals surface area contributed by atoms with Crippen molar-refractivity contribution in [3.63, 3.8) is 0 Å². The molecule has 2 N–H and O–H groups in total. The molecule has 2 aliphatic heterocycles. The Hall–Kier alpha value is -4.68. The standard InChI is InChI=1S/C37H33N3O7S2/c1-3-46-36(44)19-10-14-21(15-11-19)40-34(42)29-23-16-24(30(29)35(40)43)31-28(23)27(32-33(48-31)39-37(45)49-32)22-6-4-5-7-25(22)47-17-26(41)38-20-12-8-18(2)9-13-20/h4-15,23-24,27-31H,3,16-17H2,1-2H3,(H,38,41)(H,39,45)/t23-,24-,27+,28-,29+,30+,31-/m1/s1. The van der Waals surface area contributed by atoms with E-state index in [9.17, 15) is 24.0 Å². The lowest BCUT2D eigenvalue weighted by atomic mass is 9.68. The van der Waals surface area contributed by atoms with Gasteiger partial charge >= 0.3 is 10.8 Å². The number of hydrogen-bond donors (Lipinski definition) is 2. The van der Waals surface area contributed by atoms with Gasteiger partial charge in [0.1, 0.15) is 5.75 Å². The summed E-state index contributed by atoms with van der Waals surface area (Å²) in [4.78, 5) is 71.1. The van der Waals surface area contributed by atoms with Gasteiger partial charge in [0.25, 0.3) is 5.91 Å². The van der Waals surface area contributed by atoms with Crippen LogP contribution in [0.25, 0.3) is 0 Å². The first kappa shape index (κ1) is 31.6. The lowest BCUT2D eigenvalue weighted by Gasteiger charge is -2.43. The minimum absolute atomic E-state index is 0.00483. The molecule has 0 radical (unpaired) electrons. The summed E-state index contributed by atoms with van der Waals surface area (Å²) in [6.45, 7) is 3.75. The van der Waals surface area contributed by atoms with Crippen LogP contribution in [-0.2, 0) is 19.1 Å². The number of imide groups is 1. The van der Waals surface area contributed by atoms with Gasteiger partial charge in [0.15, 0.2) is 6.61 Å². The van der Waals surface area contributed by atoms with E-state index in [1.165, 1.54) is 16.2 Å². The molecule has 3 fully saturated rings. The van der Waals surface area contributed by atoms with Crippen molar-refractivity contribution >= 4 is 58.2 Å². The Morgan fingerprint density at radius 2 is 1.65 bits per heavy atom. The summed E-state index contributed by atoms with van der Waals surface area (Å²) in [5.74, 6) is -2.05. The summed E-state index contributed by atoms with van der Waals surface area (Å²) < 4.78 is 11.3. The number of thiazole rings is 1. The van der Waals surface area contributed by atoms with Gasteiger partial charge in [-0.3, -0.25) is 24.1 Å². The number of aromatic amines is 1. The number of amides is 3. The second-order valence-corrected chi connectivity index (χ2v) is 15.2. The number of esters is 1. The number of anilines is 2. The zero-order valence-corrected chi connectivity index (χ0v) is 28.3. The van der Waals surface area contributed by atoms with Gasteiger partial charge in [-0.1, -0.05) is 47.2 Å². The molecule has 49 heavy (non-hydrogen) atoms. The third kappa shape index (κ3) is 5.28. The molecule has 1 saturated heterocycles. The van der Waals surface area contributed by atoms with Crippen LogP contribution in [0.2, 0.25) is 0 Å². The number of hydrogen-bond acceptors (Lipinski definition) is 9. The maximum atomic E-state index is 14.2. The van der Waals surface area contributed by atoms with E-state index in [0.717, 1.165) is 27.5 Å². The zero-order valence-electron chi connectivity index (χ0n) is 26.7. The molecule has 2 saturated carbocycles. The summed E-state index contributed by atoms with van der Waals surface area (Å²) in [6.07, 6.45) is 0.739. The fraction of sp³-hybridized carbons (Fsp3) is 0.324. The van der Waals surface area contributed by atoms with Gasteiger partial charge in [-0.25, -0.2) is 4.79 Å². The highest BCUT2D eigenvalue weighted by molar-refractivity contribution is 8.00. The first-order valence-electron chi connectivity index (χ1n) is 16.4. The Balaban J connectivity index is 1.09. The lowest BCUT2D eigenvalue weighted by Crippen LogP contribution is -2.42. The zero-order chi connectivity index (χ0) is 34.0. The summed E-state index contributed by atoms with van der Waals surface area (Å²) >= 11 is 2.78. The summed E-state index contributed by atoms with van der Waals surface area (Å²) in [5.41, 5.74) is 3.41. The van der Waals surface area contributed by atoms with Crippen LogP contribution in [0.15, 0.2) is 82.6 Å². The SMILES string of the molecule is CCOC(=O)c1ccc(N2C(=O)[C@H]3[C@H]4C[C@@H]([C@@H]3C2=O)[C@@H]2[C@H](c3ccccc3OCC(=O)Nc3ccc(C)cc3)c3sc(=O)[nH]c3S[C@H]42)cc1. The van der Waals surface area contributed by atoms with Crippen molar-refractivity contribution in [1.82, 2.24) is 4.98 Å². The van der Waals surface area contributed by atoms with E-state index in [4.69, 9.17) is 9.47 Å². The lowest BCUT2D eigenvalue weighted by molar-refractivity contribution is -0.123. The molecular formula is C37H33N3O7S2. The van der Waals surface area contributed by atoms with Crippen LogP contribution < -0.4 is 19.8 Å². The Bertz CT molecular complexity index is 2040. The van der Waals surface area contributed by atoms with Gasteiger partial charge in [-0.15, -0.1) is 11.8 Å². The highest BCUT2D eigenvalue weighted by atomic mass is 32.2. The molecule has 4 aromatic rings. The van der Waals surface area contributed by atoms with Crippen LogP contribution in [0.1, 0.15) is 45.6 Å². The van der Waals surface area contributed by atoms with Crippen molar-refractivity contribution in [3.05, 3.63) is 104 Å². The average Bonchev–Trinajstić information content (AvgIpc) is 3.84. The van der Waals surface area contributed by atoms with Crippen LogP contribution in [-0.4, -0.2) is 47.1 Å². The van der Waals surface area contributed by atoms with Crippen LogP contribution in [0, 0.1) is 36.5 Å². The molecule has 0 unspecified atom stereocenters. The predicted octanol–water partition coefficient (Wildman–Crippen LogP) is 5.62. The van der Waals surface area contributed by atoms with Gasteiger partial charge in [-0.2, -0.15) is 0 Å². The Labute approximate surface area is 290 Å². The Morgan fingerprint density at radius 3 is 2.39 bits per heavy atom. The minimum atomic E-state index is -0.489. The number of rotatable bonds is 8. The monoisotopic (exact) mass is 695 g/mol. The van der Waals surface area contributed by atoms with Crippen LogP contribution >= 0.6 is 23.1 Å². The average molecular weight is 696 g/mol. The molecular weight excluding hydrogens is 663 g/mol. The molecule has 3 aromatic carbocycles. The molecule has 3 amide bonds. The fourth-order valence-corrected chi connectivity index (χ4v) is 11.3. The number of carbonyl (C=O) groups excluding carboxylic acids is 4. The second kappa shape index (κ2) is 12.3. The molecule has 2 aliphatic carbocycles. The highest BCUT2D eigenvalue weighted by Gasteiger charge is 2.69. The molecule has 10 nitrogen and oxygen atoms in total. The number of fused-ring (bicyclic) bond motifs is 9. The molecule has 7 atom stereocenters. The molecule has 250 valence electrons. The molecule has 0 spiro atoms. The number of aromatic nitrogens is 1. The number of carbonyl (C=O) groups is 4. The Kier molecular flexibility index (Phi) is 7.95. The maximum absolute atomic E-state index is 14.2. The fourth-order valence-electron chi connectivity index (χ4n) is 8.43. The molecule has 4 aliphatic rings. The van der Waals surface area contributed by atoms with E-state index in [1.807, 2.05) is 55.5 Å². The summed E-state index contributed by atoms with van der Waals surface area (Å²) in [5, 5.41) is 3.66. The highest BCUT2D eigenvalue weighted by Crippen LogP contribution is 2.69. The van der Waals surface area contributed by atoms with E-state index in [-0.39, 0.29) is 64.7 Å². The number of H-pyrrole nitrogens is 1. The van der Waals surface area contributed by atoms with Gasteiger partial charge in [-0.05, 0) is 80.5 Å². The number of ether oxygens (including phenoxy) is 2. The van der Waals surface area contributed by atoms with E-state index in [1.54, 1.807) is 43.0 Å². The van der Waals surface area contributed by atoms with Crippen molar-refractivity contribution in [2.75, 3.05) is 23.4 Å². The largest absolute Gasteiger partial charge is 0.483 e. The first-order chi connectivity index (χ1) is 23.7. The van der Waals surface area contributed by atoms with E-state index in [0.29, 0.717) is 22.7 Å². The summed E-state index contributed by atoms with van der Waals surface area (Å²) in [7, 11) is 0. The van der Waals surface area contributed by atoms with E-state index < -0.39 is 17.8 Å². The van der Waals surface area contributed by atoms with Crippen molar-refractivity contribution < 1.29 is 28.7 Å². The molecule has 3 heterocycles. The molecule has 2 bridgehead atoms. The normalized spacial score (nSPS) is 26.2. The Morgan fingerprint density at radius 1 is 0.939 bits per heavy atom. The van der Waals surface area contributed by atoms with Gasteiger partial charge in [0.2, 0.25) is 11.8 Å². The second-order valence-electron chi connectivity index (χ2n) is 13.0. The van der Waals surface area contributed by atoms with Crippen molar-refractivity contribution in [3.8, 4) is 5.75 Å². The van der Waals surface area contributed by atoms with E-state index in [2.05, 4.69) is 10.3 Å². The van der Waals surface area contributed by atoms with Gasteiger partial charge in [0, 0.05) is 27.3 Å². The number of nitrogens with one attached hydrogen (secondary N) is 2. The van der Waals surface area contributed by atoms with Gasteiger partial charge < -0.3 is 19.8 Å². The minimum Gasteiger partial charge on any atom is -0.483 e. The van der Waals surface area contributed by atoms with Crippen LogP contribution in [0.4, 0.5) is 11.4 Å². The number of nitrogens with zero attached hydrogens (tertiary/aromatic N) is 1. The summed E-state index contributed by atoms with van der Waals surface area (Å²) in [6, 6.07) is 21.5. The number of benzene rings is 3. The third-order valence-electron chi connectivity index (χ3n) is 10.3. The number of aryl methyl sites for hydroxylation is 1. The smallest absolute Gasteiger partial charge is 0.338 e. The third-order valence-corrected chi connectivity index (χ3v) is 12.9. The first-order valence-corrected chi connectivity index (χ1v) is 18.1. The maximum Gasteiger partial charge on any atom is 0.338 e. The van der Waals surface area contributed by atoms with Crippen molar-refractivity contribution in [2.45, 2.75) is 36.5 Å².